The van der Waals surface area contributed by atoms with Crippen LogP contribution in [0.3, 0.4) is 0 Å². The Hall–Kier alpha value is -4.26. The second-order valence-corrected chi connectivity index (χ2v) is 8.01. The third kappa shape index (κ3) is 3.26. The zero-order valence-corrected chi connectivity index (χ0v) is 18.3. The van der Waals surface area contributed by atoms with Gasteiger partial charge in [0.05, 0.1) is 19.3 Å². The van der Waals surface area contributed by atoms with Crippen LogP contribution in [0.4, 0.5) is 19.0 Å². The first-order valence-electron chi connectivity index (χ1n) is 10.2. The van der Waals surface area contributed by atoms with E-state index in [1.807, 2.05) is 0 Å². The summed E-state index contributed by atoms with van der Waals surface area (Å²) >= 11 is 0. The van der Waals surface area contributed by atoms with E-state index in [9.17, 15) is 23.1 Å². The molecule has 1 saturated heterocycles. The number of amides is 1. The number of likely N-dealkylation sites (tertiary alicyclic amines) is 1. The molecule has 3 aromatic heterocycles. The number of nitrogens with zero attached hydrogens (tertiary/aromatic N) is 5. The molecule has 0 radical (unpaired) electrons. The highest BCUT2D eigenvalue weighted by molar-refractivity contribution is 5.91. The van der Waals surface area contributed by atoms with Crippen molar-refractivity contribution >= 4 is 22.8 Å². The standard InChI is InChI=1S/C22H17F3N6O4/c1-31-8-21(24,25)22(33,20(31)32)16-7-13(30-35-16)10-3-4-12(23)11(5-10)14-6-15(34-2)17-18(29-14)19(26)28-9-27-17/h3-7,9,33H,8H2,1-2H3,(H2,26,27,28). The molecule has 10 nitrogen and oxygen atoms in total. The summed E-state index contributed by atoms with van der Waals surface area (Å²) in [6, 6.07) is 6.29. The quantitative estimate of drug-likeness (QED) is 0.445. The molecule has 180 valence electrons. The maximum atomic E-state index is 14.8. The minimum Gasteiger partial charge on any atom is -0.494 e. The summed E-state index contributed by atoms with van der Waals surface area (Å²) in [6.45, 7) is -0.985. The van der Waals surface area contributed by atoms with Crippen LogP contribution in [-0.4, -0.2) is 62.6 Å². The average Bonchev–Trinajstić information content (AvgIpc) is 3.38. The first-order valence-corrected chi connectivity index (χ1v) is 10.2. The third-order valence-corrected chi connectivity index (χ3v) is 5.83. The van der Waals surface area contributed by atoms with E-state index in [4.69, 9.17) is 15.0 Å². The molecule has 1 unspecified atom stereocenters. The van der Waals surface area contributed by atoms with Crippen LogP contribution in [0, 0.1) is 5.82 Å². The molecule has 0 saturated carbocycles. The number of ether oxygens (including phenoxy) is 1. The van der Waals surface area contributed by atoms with Crippen LogP contribution in [0.15, 0.2) is 41.2 Å². The number of anilines is 1. The van der Waals surface area contributed by atoms with Gasteiger partial charge in [-0.2, -0.15) is 0 Å². The molecule has 0 aliphatic carbocycles. The van der Waals surface area contributed by atoms with Crippen LogP contribution in [0.2, 0.25) is 0 Å². The lowest BCUT2D eigenvalue weighted by atomic mass is 9.94. The Bertz CT molecular complexity index is 1490. The summed E-state index contributed by atoms with van der Waals surface area (Å²) in [4.78, 5) is 25.3. The number of nitrogens with two attached hydrogens (primary N) is 1. The van der Waals surface area contributed by atoms with Crippen molar-refractivity contribution in [2.45, 2.75) is 11.5 Å². The molecule has 35 heavy (non-hydrogen) atoms. The van der Waals surface area contributed by atoms with E-state index in [0.717, 1.165) is 19.2 Å². The molecule has 1 fully saturated rings. The monoisotopic (exact) mass is 486 g/mol. The number of pyridine rings is 1. The molecule has 1 atom stereocenters. The molecule has 1 aromatic carbocycles. The number of fused-ring (bicyclic) bond motifs is 1. The predicted octanol–water partition coefficient (Wildman–Crippen LogP) is 2.37. The van der Waals surface area contributed by atoms with Gasteiger partial charge in [-0.05, 0) is 18.2 Å². The lowest BCUT2D eigenvalue weighted by Crippen LogP contribution is -2.46. The van der Waals surface area contributed by atoms with Crippen molar-refractivity contribution in [1.82, 2.24) is 25.0 Å². The Morgan fingerprint density at radius 3 is 2.63 bits per heavy atom. The van der Waals surface area contributed by atoms with E-state index in [1.165, 1.54) is 31.6 Å². The van der Waals surface area contributed by atoms with Crippen molar-refractivity contribution in [2.75, 3.05) is 26.4 Å². The molecule has 4 aromatic rings. The zero-order valence-electron chi connectivity index (χ0n) is 18.3. The topological polar surface area (TPSA) is 140 Å². The van der Waals surface area contributed by atoms with E-state index in [0.29, 0.717) is 10.4 Å². The van der Waals surface area contributed by atoms with Crippen LogP contribution < -0.4 is 10.5 Å². The van der Waals surface area contributed by atoms with E-state index in [1.54, 1.807) is 0 Å². The lowest BCUT2D eigenvalue weighted by molar-refractivity contribution is -0.179. The zero-order chi connectivity index (χ0) is 25.1. The molecular weight excluding hydrogens is 469 g/mol. The number of hydrogen-bond acceptors (Lipinski definition) is 9. The van der Waals surface area contributed by atoms with Crippen molar-refractivity contribution in [3.8, 4) is 28.3 Å². The van der Waals surface area contributed by atoms with Gasteiger partial charge in [-0.15, -0.1) is 0 Å². The molecule has 0 spiro atoms. The highest BCUT2D eigenvalue weighted by Crippen LogP contribution is 2.45. The molecule has 4 heterocycles. The molecular formula is C22H17F3N6O4. The number of alkyl halides is 2. The number of hydrogen-bond donors (Lipinski definition) is 2. The smallest absolute Gasteiger partial charge is 0.309 e. The van der Waals surface area contributed by atoms with Crippen LogP contribution in [0.5, 0.6) is 5.75 Å². The normalized spacial score (nSPS) is 19.5. The molecule has 13 heteroatoms. The van der Waals surface area contributed by atoms with Crippen molar-refractivity contribution in [3.05, 3.63) is 48.2 Å². The third-order valence-electron chi connectivity index (χ3n) is 5.83. The minimum absolute atomic E-state index is 0.0104. The number of rotatable bonds is 4. The van der Waals surface area contributed by atoms with Crippen LogP contribution in [0.25, 0.3) is 33.5 Å². The number of methoxy groups -OCH3 is 1. The van der Waals surface area contributed by atoms with Crippen molar-refractivity contribution < 1.29 is 32.3 Å². The van der Waals surface area contributed by atoms with Gasteiger partial charge in [-0.25, -0.2) is 28.1 Å². The van der Waals surface area contributed by atoms with Crippen molar-refractivity contribution in [3.63, 3.8) is 0 Å². The molecule has 5 rings (SSSR count). The Morgan fingerprint density at radius 1 is 1.17 bits per heavy atom. The number of aromatic nitrogens is 4. The predicted molar refractivity (Wildman–Crippen MR) is 116 cm³/mol. The van der Waals surface area contributed by atoms with Crippen molar-refractivity contribution in [1.29, 1.82) is 0 Å². The van der Waals surface area contributed by atoms with Gasteiger partial charge in [0.25, 0.3) is 11.5 Å². The van der Waals surface area contributed by atoms with E-state index < -0.39 is 35.6 Å². The first-order chi connectivity index (χ1) is 16.6. The average molecular weight is 486 g/mol. The van der Waals surface area contributed by atoms with E-state index in [-0.39, 0.29) is 39.6 Å². The Morgan fingerprint density at radius 2 is 1.94 bits per heavy atom. The maximum absolute atomic E-state index is 14.8. The van der Waals surface area contributed by atoms with Gasteiger partial charge in [0.15, 0.2) is 11.6 Å². The Labute approximate surface area is 195 Å². The number of carbonyl (C=O) groups is 1. The highest BCUT2D eigenvalue weighted by Gasteiger charge is 2.68. The van der Waals surface area contributed by atoms with Gasteiger partial charge in [0.2, 0.25) is 0 Å². The van der Waals surface area contributed by atoms with Crippen LogP contribution in [0.1, 0.15) is 5.76 Å². The summed E-state index contributed by atoms with van der Waals surface area (Å²) in [5.41, 5.74) is 3.61. The molecule has 1 aliphatic rings. The maximum Gasteiger partial charge on any atom is 0.309 e. The summed E-state index contributed by atoms with van der Waals surface area (Å²) in [5.74, 6) is -6.07. The van der Waals surface area contributed by atoms with Gasteiger partial charge >= 0.3 is 5.92 Å². The van der Waals surface area contributed by atoms with Crippen molar-refractivity contribution in [2.24, 2.45) is 0 Å². The van der Waals surface area contributed by atoms with Gasteiger partial charge in [0.1, 0.15) is 34.6 Å². The number of carbonyl (C=O) groups excluding carboxylic acids is 1. The number of likely N-dealkylation sites (N-methyl/N-ethyl adjacent to an activating group) is 1. The van der Waals surface area contributed by atoms with E-state index >= 15 is 0 Å². The SMILES string of the molecule is COc1cc(-c2cc(-c3cc(C4(O)C(=O)N(C)CC4(F)F)on3)ccc2F)nc2c(N)ncnc12. The molecule has 1 amide bonds. The molecule has 3 N–H and O–H groups in total. The van der Waals surface area contributed by atoms with Gasteiger partial charge in [-0.1, -0.05) is 5.16 Å². The van der Waals surface area contributed by atoms with Crippen LogP contribution >= 0.6 is 0 Å². The minimum atomic E-state index is -3.81. The Balaban J connectivity index is 1.60. The van der Waals surface area contributed by atoms with Gasteiger partial charge in [0, 0.05) is 30.3 Å². The summed E-state index contributed by atoms with van der Waals surface area (Å²) in [7, 11) is 2.54. The largest absolute Gasteiger partial charge is 0.494 e. The fraction of sp³-hybridized carbons (Fsp3) is 0.227. The molecule has 1 aliphatic heterocycles. The number of benzene rings is 1. The number of nitrogen functional groups attached to an aromatic ring is 1. The second-order valence-electron chi connectivity index (χ2n) is 8.01. The summed E-state index contributed by atoms with van der Waals surface area (Å²) in [5, 5.41) is 14.3. The first kappa shape index (κ1) is 22.5. The van der Waals surface area contributed by atoms with Gasteiger partial charge in [-0.3, -0.25) is 4.79 Å². The fourth-order valence-corrected chi connectivity index (χ4v) is 3.99. The summed E-state index contributed by atoms with van der Waals surface area (Å²) in [6.07, 6.45) is 1.25. The highest BCUT2D eigenvalue weighted by atomic mass is 19.3. The van der Waals surface area contributed by atoms with E-state index in [2.05, 4.69) is 20.1 Å². The summed E-state index contributed by atoms with van der Waals surface area (Å²) < 4.78 is 54.1. The van der Waals surface area contributed by atoms with Gasteiger partial charge < -0.3 is 25.0 Å². The van der Waals surface area contributed by atoms with Crippen LogP contribution in [-0.2, 0) is 10.4 Å². The fourth-order valence-electron chi connectivity index (χ4n) is 3.99. The molecule has 0 bridgehead atoms. The number of halogens is 3. The second kappa shape index (κ2) is 7.63. The Kier molecular flexibility index (Phi) is 4.91. The lowest BCUT2D eigenvalue weighted by Gasteiger charge is -2.22. The number of aliphatic hydroxyl groups is 1.